The molecule has 0 radical (unpaired) electrons. The number of carbonyl (C=O) groups is 2. The average Bonchev–Trinajstić information content (AvgIpc) is 3.00. The molecule has 29 heavy (non-hydrogen) atoms. The summed E-state index contributed by atoms with van der Waals surface area (Å²) in [5.41, 5.74) is 3.86. The monoisotopic (exact) mass is 444 g/mol. The van der Waals surface area contributed by atoms with E-state index < -0.39 is 6.03 Å². The summed E-state index contributed by atoms with van der Waals surface area (Å²) in [4.78, 5) is 29.1. The molecule has 0 saturated heterocycles. The van der Waals surface area contributed by atoms with E-state index in [1.807, 2.05) is 16.8 Å². The molecule has 0 spiro atoms. The lowest BCUT2D eigenvalue weighted by molar-refractivity contribution is -0.115. The van der Waals surface area contributed by atoms with Crippen LogP contribution in [-0.2, 0) is 4.79 Å². The third-order valence-electron chi connectivity index (χ3n) is 4.07. The minimum absolute atomic E-state index is 0.130. The van der Waals surface area contributed by atoms with Gasteiger partial charge in [-0.05, 0) is 35.9 Å². The van der Waals surface area contributed by atoms with Gasteiger partial charge in [0.15, 0.2) is 0 Å². The van der Waals surface area contributed by atoms with Gasteiger partial charge < -0.3 is 16.0 Å². The number of urea groups is 1. The van der Waals surface area contributed by atoms with Crippen LogP contribution in [0, 0.1) is 0 Å². The molecule has 3 aromatic rings. The van der Waals surface area contributed by atoms with Crippen molar-refractivity contribution in [2.75, 3.05) is 16.0 Å². The van der Waals surface area contributed by atoms with Gasteiger partial charge in [0.1, 0.15) is 0 Å². The van der Waals surface area contributed by atoms with Gasteiger partial charge in [-0.15, -0.1) is 11.3 Å². The highest BCUT2D eigenvalue weighted by Gasteiger charge is 2.18. The molecule has 6 nitrogen and oxygen atoms in total. The van der Waals surface area contributed by atoms with Gasteiger partial charge >= 0.3 is 6.03 Å². The standard InChI is InChI=1S/C20H14Cl2N4O2S/c21-12-5-13(22)7-15(6-12)24-20(28)23-14-3-1-2-11(4-14)16-8-19(27)26-18-10-29-9-17(18)25-16/h1-7,9-10H,8H2,(H,26,27)(H2,23,24,28). The van der Waals surface area contributed by atoms with Gasteiger partial charge in [0, 0.05) is 32.2 Å². The molecule has 0 fully saturated rings. The fourth-order valence-corrected chi connectivity index (χ4v) is 4.08. The van der Waals surface area contributed by atoms with E-state index in [-0.39, 0.29) is 12.3 Å². The average molecular weight is 445 g/mol. The number of nitrogens with zero attached hydrogens (tertiary/aromatic N) is 1. The maximum atomic E-state index is 12.3. The largest absolute Gasteiger partial charge is 0.323 e. The molecule has 4 rings (SSSR count). The smallest absolute Gasteiger partial charge is 0.323 e. The number of anilines is 3. The Morgan fingerprint density at radius 3 is 2.59 bits per heavy atom. The molecule has 0 atom stereocenters. The van der Waals surface area contributed by atoms with Crippen molar-refractivity contribution in [1.29, 1.82) is 0 Å². The van der Waals surface area contributed by atoms with Crippen LogP contribution in [0.2, 0.25) is 10.0 Å². The second-order valence-electron chi connectivity index (χ2n) is 6.27. The van der Waals surface area contributed by atoms with Crippen molar-refractivity contribution in [3.63, 3.8) is 0 Å². The quantitative estimate of drug-likeness (QED) is 0.451. The van der Waals surface area contributed by atoms with Gasteiger partial charge in [-0.1, -0.05) is 35.3 Å². The van der Waals surface area contributed by atoms with E-state index in [2.05, 4.69) is 20.9 Å². The summed E-state index contributed by atoms with van der Waals surface area (Å²) >= 11 is 13.4. The minimum Gasteiger partial charge on any atom is -0.323 e. The molecule has 0 bridgehead atoms. The molecule has 1 aliphatic rings. The fourth-order valence-electron chi connectivity index (χ4n) is 2.86. The number of fused-ring (bicyclic) bond motifs is 1. The second-order valence-corrected chi connectivity index (χ2v) is 7.89. The normalized spacial score (nSPS) is 13.0. The van der Waals surface area contributed by atoms with Crippen molar-refractivity contribution < 1.29 is 9.59 Å². The molecule has 2 heterocycles. The first-order valence-corrected chi connectivity index (χ1v) is 10.2. The number of benzene rings is 2. The Morgan fingerprint density at radius 2 is 1.79 bits per heavy atom. The third-order valence-corrected chi connectivity index (χ3v) is 5.24. The van der Waals surface area contributed by atoms with Crippen LogP contribution in [0.15, 0.2) is 58.2 Å². The zero-order valence-electron chi connectivity index (χ0n) is 14.8. The van der Waals surface area contributed by atoms with Crippen molar-refractivity contribution in [3.05, 3.63) is 68.8 Å². The molecule has 0 aliphatic carbocycles. The van der Waals surface area contributed by atoms with E-state index in [0.29, 0.717) is 32.8 Å². The first-order valence-electron chi connectivity index (χ1n) is 8.54. The lowest BCUT2D eigenvalue weighted by Gasteiger charge is -2.10. The van der Waals surface area contributed by atoms with Crippen LogP contribution >= 0.6 is 34.5 Å². The Kier molecular flexibility index (Phi) is 5.53. The molecule has 1 aliphatic heterocycles. The number of hydrogen-bond donors (Lipinski definition) is 3. The maximum Gasteiger partial charge on any atom is 0.323 e. The summed E-state index contributed by atoms with van der Waals surface area (Å²) in [6.07, 6.45) is 0.149. The van der Waals surface area contributed by atoms with E-state index in [0.717, 1.165) is 11.3 Å². The lowest BCUT2D eigenvalue weighted by atomic mass is 10.1. The zero-order valence-corrected chi connectivity index (χ0v) is 17.2. The summed E-state index contributed by atoms with van der Waals surface area (Å²) in [7, 11) is 0. The second kappa shape index (κ2) is 8.24. The highest BCUT2D eigenvalue weighted by molar-refractivity contribution is 7.09. The fraction of sp³-hybridized carbons (Fsp3) is 0.0500. The molecular weight excluding hydrogens is 431 g/mol. The summed E-state index contributed by atoms with van der Waals surface area (Å²) in [5, 5.41) is 12.9. The van der Waals surface area contributed by atoms with Crippen LogP contribution in [0.4, 0.5) is 27.5 Å². The highest BCUT2D eigenvalue weighted by atomic mass is 35.5. The SMILES string of the molecule is O=C1CC(c2cccc(NC(=O)Nc3cc(Cl)cc(Cl)c3)c2)=Nc2cscc2N1. The molecule has 3 amide bonds. The Morgan fingerprint density at radius 1 is 1.03 bits per heavy atom. The first kappa shape index (κ1) is 19.4. The molecule has 9 heteroatoms. The molecule has 3 N–H and O–H groups in total. The number of hydrogen-bond acceptors (Lipinski definition) is 4. The highest BCUT2D eigenvalue weighted by Crippen LogP contribution is 2.33. The van der Waals surface area contributed by atoms with Crippen molar-refractivity contribution in [1.82, 2.24) is 0 Å². The van der Waals surface area contributed by atoms with Gasteiger partial charge in [0.2, 0.25) is 5.91 Å². The predicted octanol–water partition coefficient (Wildman–Crippen LogP) is 6.16. The Bertz CT molecular complexity index is 1120. The third kappa shape index (κ3) is 4.76. The van der Waals surface area contributed by atoms with Crippen molar-refractivity contribution in [3.8, 4) is 0 Å². The lowest BCUT2D eigenvalue weighted by Crippen LogP contribution is -2.20. The topological polar surface area (TPSA) is 82.6 Å². The summed E-state index contributed by atoms with van der Waals surface area (Å²) in [6.45, 7) is 0. The van der Waals surface area contributed by atoms with Gasteiger partial charge in [-0.25, -0.2) is 9.79 Å². The molecular formula is C20H14Cl2N4O2S. The van der Waals surface area contributed by atoms with Gasteiger partial charge in [-0.2, -0.15) is 0 Å². The number of thiophene rings is 1. The number of amides is 3. The maximum absolute atomic E-state index is 12.3. The Hall–Kier alpha value is -2.87. The van der Waals surface area contributed by atoms with Crippen LogP contribution in [0.1, 0.15) is 12.0 Å². The van der Waals surface area contributed by atoms with Crippen molar-refractivity contribution in [2.24, 2.45) is 4.99 Å². The van der Waals surface area contributed by atoms with Crippen LogP contribution in [0.25, 0.3) is 0 Å². The van der Waals surface area contributed by atoms with E-state index in [1.54, 1.807) is 36.4 Å². The summed E-state index contributed by atoms with van der Waals surface area (Å²) < 4.78 is 0. The number of halogens is 2. The Labute approximate surface area is 180 Å². The summed E-state index contributed by atoms with van der Waals surface area (Å²) in [6, 6.07) is 11.5. The molecule has 1 aromatic heterocycles. The van der Waals surface area contributed by atoms with Crippen LogP contribution in [-0.4, -0.2) is 17.6 Å². The van der Waals surface area contributed by atoms with Crippen LogP contribution < -0.4 is 16.0 Å². The van der Waals surface area contributed by atoms with E-state index in [1.165, 1.54) is 11.3 Å². The molecule has 0 unspecified atom stereocenters. The molecule has 0 saturated carbocycles. The zero-order chi connectivity index (χ0) is 20.4. The number of aliphatic imine (C=N–C) groups is 1. The van der Waals surface area contributed by atoms with Gasteiger partial charge in [0.05, 0.1) is 23.5 Å². The van der Waals surface area contributed by atoms with Gasteiger partial charge in [0.25, 0.3) is 0 Å². The van der Waals surface area contributed by atoms with Gasteiger partial charge in [-0.3, -0.25) is 4.79 Å². The van der Waals surface area contributed by atoms with Crippen molar-refractivity contribution >= 4 is 74.9 Å². The van der Waals surface area contributed by atoms with E-state index in [4.69, 9.17) is 23.2 Å². The van der Waals surface area contributed by atoms with E-state index in [9.17, 15) is 9.59 Å². The molecule has 146 valence electrons. The Balaban J connectivity index is 1.53. The van der Waals surface area contributed by atoms with E-state index >= 15 is 0 Å². The summed E-state index contributed by atoms with van der Waals surface area (Å²) in [5.74, 6) is -0.130. The predicted molar refractivity (Wildman–Crippen MR) is 119 cm³/mol. The minimum atomic E-state index is -0.443. The molecule has 2 aromatic carbocycles. The number of carbonyl (C=O) groups excluding carboxylic acids is 2. The number of nitrogens with one attached hydrogen (secondary N) is 3. The van der Waals surface area contributed by atoms with Crippen LogP contribution in [0.3, 0.4) is 0 Å². The van der Waals surface area contributed by atoms with Crippen molar-refractivity contribution in [2.45, 2.75) is 6.42 Å². The van der Waals surface area contributed by atoms with Crippen LogP contribution in [0.5, 0.6) is 0 Å². The number of rotatable bonds is 3. The first-order chi connectivity index (χ1) is 14.0.